The third-order valence-corrected chi connectivity index (χ3v) is 3.98. The molecule has 2 aromatic rings. The highest BCUT2D eigenvalue weighted by Crippen LogP contribution is 2.21. The van der Waals surface area contributed by atoms with Crippen LogP contribution < -0.4 is 5.32 Å². The van der Waals surface area contributed by atoms with Crippen LogP contribution in [-0.4, -0.2) is 21.3 Å². The summed E-state index contributed by atoms with van der Waals surface area (Å²) in [4.78, 5) is 0. The Morgan fingerprint density at radius 1 is 1.14 bits per heavy atom. The first-order valence-corrected chi connectivity index (χ1v) is 7.63. The summed E-state index contributed by atoms with van der Waals surface area (Å²) in [5, 5.41) is 11.9. The molecule has 2 unspecified atom stereocenters. The molecule has 0 aliphatic heterocycles. The smallest absolute Gasteiger partial charge is 0.149 e. The van der Waals surface area contributed by atoms with Gasteiger partial charge in [-0.1, -0.05) is 50.6 Å². The van der Waals surface area contributed by atoms with Crippen LogP contribution in [0.5, 0.6) is 0 Å². The van der Waals surface area contributed by atoms with Crippen molar-refractivity contribution >= 4 is 0 Å². The number of hydrogen-bond donors (Lipinski definition) is 1. The normalized spacial score (nSPS) is 14.4. The summed E-state index contributed by atoms with van der Waals surface area (Å²) in [6, 6.07) is 9.01. The molecule has 0 spiro atoms. The number of hydrogen-bond acceptors (Lipinski definition) is 3. The first-order chi connectivity index (χ1) is 9.99. The lowest BCUT2D eigenvalue weighted by Crippen LogP contribution is -2.31. The maximum atomic E-state index is 4.25. The number of benzene rings is 1. The lowest BCUT2D eigenvalue weighted by Gasteiger charge is -2.23. The highest BCUT2D eigenvalue weighted by molar-refractivity contribution is 5.24. The van der Waals surface area contributed by atoms with Crippen LogP contribution in [0, 0.1) is 12.8 Å². The molecule has 1 aromatic carbocycles. The summed E-state index contributed by atoms with van der Waals surface area (Å²) in [5.74, 6) is 1.94. The van der Waals surface area contributed by atoms with Gasteiger partial charge in [0.1, 0.15) is 12.2 Å². The van der Waals surface area contributed by atoms with Crippen LogP contribution in [0.3, 0.4) is 0 Å². The highest BCUT2D eigenvalue weighted by Gasteiger charge is 2.21. The Labute approximate surface area is 127 Å². The largest absolute Gasteiger partial charge is 0.319 e. The van der Waals surface area contributed by atoms with Gasteiger partial charge in [-0.2, -0.15) is 0 Å². The van der Waals surface area contributed by atoms with E-state index in [1.54, 1.807) is 6.33 Å². The molecular weight excluding hydrogens is 260 g/mol. The standard InChI is InChI=1S/C17H26N4/c1-12(2)16(17-20-19-11-21(17)5)18-10-14(4)15-8-6-13(3)7-9-15/h6-9,11-12,14,16,18H,10H2,1-5H3. The van der Waals surface area contributed by atoms with Crippen molar-refractivity contribution in [2.75, 3.05) is 6.54 Å². The van der Waals surface area contributed by atoms with Crippen LogP contribution >= 0.6 is 0 Å². The summed E-state index contributed by atoms with van der Waals surface area (Å²) in [7, 11) is 2.00. The van der Waals surface area contributed by atoms with Crippen LogP contribution in [0.1, 0.15) is 49.7 Å². The Morgan fingerprint density at radius 3 is 2.33 bits per heavy atom. The molecule has 1 N–H and O–H groups in total. The molecule has 2 atom stereocenters. The Balaban J connectivity index is 2.02. The van der Waals surface area contributed by atoms with Gasteiger partial charge in [0.05, 0.1) is 6.04 Å². The molecule has 0 fully saturated rings. The average Bonchev–Trinajstić information content (AvgIpc) is 2.85. The van der Waals surface area contributed by atoms with E-state index in [1.807, 2.05) is 11.6 Å². The van der Waals surface area contributed by atoms with E-state index < -0.39 is 0 Å². The molecule has 21 heavy (non-hydrogen) atoms. The first kappa shape index (κ1) is 15.7. The van der Waals surface area contributed by atoms with Crippen molar-refractivity contribution in [3.8, 4) is 0 Å². The van der Waals surface area contributed by atoms with Crippen LogP contribution in [-0.2, 0) is 7.05 Å². The molecule has 0 saturated carbocycles. The summed E-state index contributed by atoms with van der Waals surface area (Å²) < 4.78 is 1.99. The molecule has 0 bridgehead atoms. The van der Waals surface area contributed by atoms with Crippen molar-refractivity contribution in [2.24, 2.45) is 13.0 Å². The molecule has 0 aliphatic rings. The van der Waals surface area contributed by atoms with E-state index in [4.69, 9.17) is 0 Å². The molecule has 0 saturated heterocycles. The fourth-order valence-electron chi connectivity index (χ4n) is 2.52. The van der Waals surface area contributed by atoms with Gasteiger partial charge < -0.3 is 9.88 Å². The molecule has 1 aromatic heterocycles. The molecule has 2 rings (SSSR count). The first-order valence-electron chi connectivity index (χ1n) is 7.63. The fourth-order valence-corrected chi connectivity index (χ4v) is 2.52. The maximum absolute atomic E-state index is 4.25. The Morgan fingerprint density at radius 2 is 1.81 bits per heavy atom. The number of aryl methyl sites for hydroxylation is 2. The highest BCUT2D eigenvalue weighted by atomic mass is 15.3. The van der Waals surface area contributed by atoms with Crippen LogP contribution in [0.25, 0.3) is 0 Å². The lowest BCUT2D eigenvalue weighted by atomic mass is 9.98. The number of nitrogens with zero attached hydrogens (tertiary/aromatic N) is 3. The number of aromatic nitrogens is 3. The fraction of sp³-hybridized carbons (Fsp3) is 0.529. The van der Waals surface area contributed by atoms with Crippen molar-refractivity contribution < 1.29 is 0 Å². The van der Waals surface area contributed by atoms with Crippen LogP contribution in [0.15, 0.2) is 30.6 Å². The van der Waals surface area contributed by atoms with E-state index in [-0.39, 0.29) is 6.04 Å². The Kier molecular flexibility index (Phi) is 5.12. The molecule has 0 radical (unpaired) electrons. The van der Waals surface area contributed by atoms with Crippen molar-refractivity contribution in [3.63, 3.8) is 0 Å². The van der Waals surface area contributed by atoms with E-state index in [0.29, 0.717) is 11.8 Å². The number of rotatable bonds is 6. The minimum absolute atomic E-state index is 0.227. The summed E-state index contributed by atoms with van der Waals surface area (Å²) >= 11 is 0. The Hall–Kier alpha value is -1.68. The summed E-state index contributed by atoms with van der Waals surface area (Å²) in [5.41, 5.74) is 2.67. The van der Waals surface area contributed by atoms with Gasteiger partial charge in [-0.3, -0.25) is 0 Å². The predicted octanol–water partition coefficient (Wildman–Crippen LogP) is 3.21. The summed E-state index contributed by atoms with van der Waals surface area (Å²) in [6.45, 7) is 9.73. The minimum Gasteiger partial charge on any atom is -0.319 e. The molecule has 4 heteroatoms. The number of nitrogens with one attached hydrogen (secondary N) is 1. The maximum Gasteiger partial charge on any atom is 0.149 e. The average molecular weight is 286 g/mol. The second-order valence-corrected chi connectivity index (χ2v) is 6.24. The van der Waals surface area contributed by atoms with Gasteiger partial charge in [0, 0.05) is 13.6 Å². The van der Waals surface area contributed by atoms with E-state index >= 15 is 0 Å². The molecule has 114 valence electrons. The lowest BCUT2D eigenvalue weighted by molar-refractivity contribution is 0.377. The van der Waals surface area contributed by atoms with Gasteiger partial charge in [-0.25, -0.2) is 0 Å². The minimum atomic E-state index is 0.227. The molecule has 4 nitrogen and oxygen atoms in total. The predicted molar refractivity (Wildman–Crippen MR) is 86.2 cm³/mol. The SMILES string of the molecule is Cc1ccc(C(C)CNC(c2nncn2C)C(C)C)cc1. The zero-order valence-electron chi connectivity index (χ0n) is 13.7. The zero-order valence-corrected chi connectivity index (χ0v) is 13.7. The van der Waals surface area contributed by atoms with Gasteiger partial charge in [0.2, 0.25) is 0 Å². The topological polar surface area (TPSA) is 42.7 Å². The van der Waals surface area contributed by atoms with E-state index in [9.17, 15) is 0 Å². The van der Waals surface area contributed by atoms with Gasteiger partial charge in [0.25, 0.3) is 0 Å². The molecule has 1 heterocycles. The third-order valence-electron chi connectivity index (χ3n) is 3.98. The van der Waals surface area contributed by atoms with Gasteiger partial charge in [0.15, 0.2) is 0 Å². The molecule has 0 aliphatic carbocycles. The van der Waals surface area contributed by atoms with E-state index in [0.717, 1.165) is 12.4 Å². The van der Waals surface area contributed by atoms with Crippen LogP contribution in [0.2, 0.25) is 0 Å². The van der Waals surface area contributed by atoms with Crippen molar-refractivity contribution in [1.82, 2.24) is 20.1 Å². The second kappa shape index (κ2) is 6.85. The third kappa shape index (κ3) is 3.91. The molecule has 0 amide bonds. The van der Waals surface area contributed by atoms with Gasteiger partial charge >= 0.3 is 0 Å². The van der Waals surface area contributed by atoms with Crippen molar-refractivity contribution in [3.05, 3.63) is 47.5 Å². The van der Waals surface area contributed by atoms with Crippen molar-refractivity contribution in [1.29, 1.82) is 0 Å². The Bertz CT molecular complexity index is 556. The van der Waals surface area contributed by atoms with Crippen LogP contribution in [0.4, 0.5) is 0 Å². The van der Waals surface area contributed by atoms with Gasteiger partial charge in [-0.15, -0.1) is 10.2 Å². The van der Waals surface area contributed by atoms with Crippen molar-refractivity contribution in [2.45, 2.75) is 39.7 Å². The second-order valence-electron chi connectivity index (χ2n) is 6.24. The van der Waals surface area contributed by atoms with E-state index in [2.05, 4.69) is 67.5 Å². The quantitative estimate of drug-likeness (QED) is 0.886. The van der Waals surface area contributed by atoms with E-state index in [1.165, 1.54) is 11.1 Å². The molecular formula is C17H26N4. The monoisotopic (exact) mass is 286 g/mol. The zero-order chi connectivity index (χ0) is 15.4. The van der Waals surface area contributed by atoms with Gasteiger partial charge in [-0.05, 0) is 24.3 Å². The summed E-state index contributed by atoms with van der Waals surface area (Å²) in [6.07, 6.45) is 1.76.